The smallest absolute Gasteiger partial charge is 0.121 e. The second kappa shape index (κ2) is 3.41. The van der Waals surface area contributed by atoms with Crippen LogP contribution in [0.15, 0.2) is 5.10 Å². The zero-order valence-electron chi connectivity index (χ0n) is 5.92. The van der Waals surface area contributed by atoms with E-state index in [-0.39, 0.29) is 6.10 Å². The molecule has 0 amide bonds. The van der Waals surface area contributed by atoms with Crippen molar-refractivity contribution >= 4 is 5.84 Å². The fourth-order valence-electron chi connectivity index (χ4n) is 1.09. The van der Waals surface area contributed by atoms with Crippen molar-refractivity contribution in [2.24, 2.45) is 16.7 Å². The lowest BCUT2D eigenvalue weighted by Gasteiger charge is -2.06. The molecule has 1 atom stereocenters. The van der Waals surface area contributed by atoms with E-state index in [0.717, 1.165) is 19.4 Å². The summed E-state index contributed by atoms with van der Waals surface area (Å²) in [6.45, 7) is 0.850. The molecule has 0 aromatic heterocycles. The number of hydrazone groups is 1. The average molecular weight is 143 g/mol. The predicted octanol–water partition coefficient (Wildman–Crippen LogP) is -0.214. The molecule has 1 fully saturated rings. The van der Waals surface area contributed by atoms with Crippen molar-refractivity contribution in [3.63, 3.8) is 0 Å². The minimum atomic E-state index is 0.257. The van der Waals surface area contributed by atoms with E-state index in [4.69, 9.17) is 16.3 Å². The van der Waals surface area contributed by atoms with Crippen LogP contribution in [-0.4, -0.2) is 18.5 Å². The Hall–Kier alpha value is -0.770. The number of ether oxygens (including phenoxy) is 1. The van der Waals surface area contributed by atoms with E-state index in [1.165, 1.54) is 0 Å². The summed E-state index contributed by atoms with van der Waals surface area (Å²) in [5, 5.41) is 3.37. The number of nitrogens with zero attached hydrogens (tertiary/aromatic N) is 1. The zero-order chi connectivity index (χ0) is 7.40. The largest absolute Gasteiger partial charge is 0.386 e. The van der Waals surface area contributed by atoms with Crippen LogP contribution >= 0.6 is 0 Å². The first-order valence-electron chi connectivity index (χ1n) is 3.46. The van der Waals surface area contributed by atoms with Crippen molar-refractivity contribution in [1.82, 2.24) is 0 Å². The number of hydrogen-bond acceptors (Lipinski definition) is 3. The van der Waals surface area contributed by atoms with Gasteiger partial charge in [0.2, 0.25) is 0 Å². The van der Waals surface area contributed by atoms with Gasteiger partial charge in [-0.05, 0) is 12.8 Å². The third-order valence-electron chi connectivity index (χ3n) is 1.63. The van der Waals surface area contributed by atoms with Gasteiger partial charge in [-0.25, -0.2) is 0 Å². The maximum atomic E-state index is 5.40. The van der Waals surface area contributed by atoms with E-state index in [2.05, 4.69) is 5.10 Å². The standard InChI is InChI=1S/C6H13N3O/c7-6(9-8)4-5-2-1-3-10-5/h5H,1-4,8H2,(H2,7,9). The third-order valence-corrected chi connectivity index (χ3v) is 1.63. The van der Waals surface area contributed by atoms with Crippen molar-refractivity contribution in [1.29, 1.82) is 0 Å². The molecule has 0 saturated carbocycles. The molecule has 0 radical (unpaired) electrons. The second-order valence-electron chi connectivity index (χ2n) is 2.46. The number of amidine groups is 1. The lowest BCUT2D eigenvalue weighted by Crippen LogP contribution is -2.21. The fourth-order valence-corrected chi connectivity index (χ4v) is 1.09. The van der Waals surface area contributed by atoms with E-state index < -0.39 is 0 Å². The van der Waals surface area contributed by atoms with Crippen LogP contribution < -0.4 is 11.6 Å². The fraction of sp³-hybridized carbons (Fsp3) is 0.833. The van der Waals surface area contributed by atoms with Gasteiger partial charge in [-0.2, -0.15) is 5.10 Å². The Morgan fingerprint density at radius 1 is 1.70 bits per heavy atom. The molecule has 1 saturated heterocycles. The van der Waals surface area contributed by atoms with Gasteiger partial charge < -0.3 is 16.3 Å². The van der Waals surface area contributed by atoms with Crippen molar-refractivity contribution in [3.8, 4) is 0 Å². The Bertz CT molecular complexity index is 129. The van der Waals surface area contributed by atoms with Gasteiger partial charge in [0.1, 0.15) is 5.84 Å². The highest BCUT2D eigenvalue weighted by atomic mass is 16.5. The summed E-state index contributed by atoms with van der Waals surface area (Å²) >= 11 is 0. The topological polar surface area (TPSA) is 73.6 Å². The van der Waals surface area contributed by atoms with E-state index >= 15 is 0 Å². The van der Waals surface area contributed by atoms with Crippen molar-refractivity contribution in [2.75, 3.05) is 6.61 Å². The minimum Gasteiger partial charge on any atom is -0.386 e. The molecule has 4 N–H and O–H groups in total. The van der Waals surface area contributed by atoms with Crippen LogP contribution in [0.3, 0.4) is 0 Å². The van der Waals surface area contributed by atoms with Crippen molar-refractivity contribution in [2.45, 2.75) is 25.4 Å². The molecule has 0 bridgehead atoms. The lowest BCUT2D eigenvalue weighted by atomic mass is 10.2. The highest BCUT2D eigenvalue weighted by molar-refractivity contribution is 5.80. The Morgan fingerprint density at radius 2 is 2.50 bits per heavy atom. The molecule has 4 nitrogen and oxygen atoms in total. The molecule has 1 rings (SSSR count). The maximum absolute atomic E-state index is 5.40. The summed E-state index contributed by atoms with van der Waals surface area (Å²) in [5.74, 6) is 5.44. The molecule has 1 heterocycles. The first kappa shape index (κ1) is 7.34. The normalized spacial score (nSPS) is 27.2. The molecule has 0 aliphatic carbocycles. The van der Waals surface area contributed by atoms with E-state index in [1.807, 2.05) is 0 Å². The summed E-state index contributed by atoms with van der Waals surface area (Å²) in [7, 11) is 0. The molecule has 1 aliphatic heterocycles. The van der Waals surface area contributed by atoms with Crippen LogP contribution in [0.2, 0.25) is 0 Å². The van der Waals surface area contributed by atoms with E-state index in [0.29, 0.717) is 12.3 Å². The lowest BCUT2D eigenvalue weighted by molar-refractivity contribution is 0.116. The van der Waals surface area contributed by atoms with Crippen LogP contribution in [0.4, 0.5) is 0 Å². The average Bonchev–Trinajstić information content (AvgIpc) is 2.40. The summed E-state index contributed by atoms with van der Waals surface area (Å²) in [4.78, 5) is 0. The monoisotopic (exact) mass is 143 g/mol. The number of nitrogens with two attached hydrogens (primary N) is 2. The third kappa shape index (κ3) is 1.88. The molecular formula is C6H13N3O. The van der Waals surface area contributed by atoms with Crippen LogP contribution in [0.5, 0.6) is 0 Å². The van der Waals surface area contributed by atoms with Crippen LogP contribution in [-0.2, 0) is 4.74 Å². The number of hydrogen-bond donors (Lipinski definition) is 2. The number of rotatable bonds is 2. The SMILES string of the molecule is N/N=C(\N)CC1CCCO1. The van der Waals surface area contributed by atoms with Gasteiger partial charge in [-0.3, -0.25) is 0 Å². The Balaban J connectivity index is 2.24. The maximum Gasteiger partial charge on any atom is 0.121 e. The predicted molar refractivity (Wildman–Crippen MR) is 39.4 cm³/mol. The molecule has 1 aliphatic rings. The first-order chi connectivity index (χ1) is 4.83. The molecule has 10 heavy (non-hydrogen) atoms. The second-order valence-corrected chi connectivity index (χ2v) is 2.46. The molecule has 0 aromatic rings. The highest BCUT2D eigenvalue weighted by Gasteiger charge is 2.16. The quantitative estimate of drug-likeness (QED) is 0.243. The molecular weight excluding hydrogens is 130 g/mol. The van der Waals surface area contributed by atoms with Gasteiger partial charge in [-0.1, -0.05) is 0 Å². The summed E-state index contributed by atoms with van der Waals surface area (Å²) < 4.78 is 5.31. The Kier molecular flexibility index (Phi) is 2.50. The van der Waals surface area contributed by atoms with Gasteiger partial charge in [0.25, 0.3) is 0 Å². The summed E-state index contributed by atoms with van der Waals surface area (Å²) in [6.07, 6.45) is 3.14. The van der Waals surface area contributed by atoms with Crippen molar-refractivity contribution in [3.05, 3.63) is 0 Å². The first-order valence-corrected chi connectivity index (χ1v) is 3.46. The van der Waals surface area contributed by atoms with Gasteiger partial charge in [0, 0.05) is 13.0 Å². The molecule has 1 unspecified atom stereocenters. The van der Waals surface area contributed by atoms with Crippen LogP contribution in [0.25, 0.3) is 0 Å². The highest BCUT2D eigenvalue weighted by Crippen LogP contribution is 2.14. The van der Waals surface area contributed by atoms with Gasteiger partial charge in [-0.15, -0.1) is 0 Å². The molecule has 58 valence electrons. The molecule has 4 heteroatoms. The van der Waals surface area contributed by atoms with Crippen molar-refractivity contribution < 1.29 is 4.74 Å². The summed E-state index contributed by atoms with van der Waals surface area (Å²) in [5.41, 5.74) is 5.40. The van der Waals surface area contributed by atoms with Gasteiger partial charge >= 0.3 is 0 Å². The zero-order valence-corrected chi connectivity index (χ0v) is 5.92. The minimum absolute atomic E-state index is 0.257. The van der Waals surface area contributed by atoms with E-state index in [9.17, 15) is 0 Å². The molecule has 0 aromatic carbocycles. The van der Waals surface area contributed by atoms with E-state index in [1.54, 1.807) is 0 Å². The Morgan fingerprint density at radius 3 is 3.00 bits per heavy atom. The molecule has 0 spiro atoms. The van der Waals surface area contributed by atoms with Gasteiger partial charge in [0.15, 0.2) is 0 Å². The Labute approximate surface area is 60.2 Å². The van der Waals surface area contributed by atoms with Crippen LogP contribution in [0, 0.1) is 0 Å². The van der Waals surface area contributed by atoms with Crippen LogP contribution in [0.1, 0.15) is 19.3 Å². The van der Waals surface area contributed by atoms with Gasteiger partial charge in [0.05, 0.1) is 6.10 Å². The summed E-state index contributed by atoms with van der Waals surface area (Å²) in [6, 6.07) is 0.